The molecule has 1 aromatic rings. The van der Waals surface area contributed by atoms with Crippen LogP contribution in [0.5, 0.6) is 0 Å². The van der Waals surface area contributed by atoms with E-state index < -0.39 is 17.5 Å². The lowest BCUT2D eigenvalue weighted by Crippen LogP contribution is -2.45. The first-order valence-corrected chi connectivity index (χ1v) is 7.23. The van der Waals surface area contributed by atoms with E-state index >= 15 is 0 Å². The van der Waals surface area contributed by atoms with Crippen molar-refractivity contribution in [2.24, 2.45) is 0 Å². The summed E-state index contributed by atoms with van der Waals surface area (Å²) in [5.41, 5.74) is -0.111. The van der Waals surface area contributed by atoms with Crippen molar-refractivity contribution in [3.63, 3.8) is 0 Å². The molecule has 6 heteroatoms. The second-order valence-corrected chi connectivity index (χ2v) is 5.20. The molecule has 1 N–H and O–H groups in total. The molecule has 1 aliphatic rings. The number of unbranched alkanes of at least 4 members (excludes halogenated alkanes) is 1. The summed E-state index contributed by atoms with van der Waals surface area (Å²) in [6, 6.07) is 1.49. The fourth-order valence-electron chi connectivity index (χ4n) is 2.75. The standard InChI is InChI=1S/C15H21F3N2.ClH/c1-2-3-4-13(20-9-7-19-8-10-20)14-11(16)5-6-12(17)15(14)18;/h5-6,13,19H,2-4,7-10H2,1H3;1H/t13-;/m1./s1. The highest BCUT2D eigenvalue weighted by molar-refractivity contribution is 5.85. The van der Waals surface area contributed by atoms with E-state index in [1.165, 1.54) is 0 Å². The van der Waals surface area contributed by atoms with Crippen molar-refractivity contribution in [2.75, 3.05) is 26.2 Å². The first-order valence-electron chi connectivity index (χ1n) is 7.23. The summed E-state index contributed by atoms with van der Waals surface area (Å²) >= 11 is 0. The molecule has 0 saturated carbocycles. The molecule has 0 aliphatic carbocycles. The van der Waals surface area contributed by atoms with E-state index in [4.69, 9.17) is 0 Å². The van der Waals surface area contributed by atoms with Crippen molar-refractivity contribution >= 4 is 12.4 Å². The third-order valence-corrected chi connectivity index (χ3v) is 3.84. The van der Waals surface area contributed by atoms with Crippen LogP contribution in [-0.4, -0.2) is 31.1 Å². The maximum absolute atomic E-state index is 14.0. The molecule has 1 fully saturated rings. The molecule has 1 atom stereocenters. The van der Waals surface area contributed by atoms with Gasteiger partial charge in [0.05, 0.1) is 0 Å². The number of benzene rings is 1. The first-order chi connectivity index (χ1) is 9.65. The van der Waals surface area contributed by atoms with E-state index in [-0.39, 0.29) is 24.0 Å². The van der Waals surface area contributed by atoms with Gasteiger partial charge < -0.3 is 5.32 Å². The van der Waals surface area contributed by atoms with Crippen molar-refractivity contribution in [1.82, 2.24) is 10.2 Å². The summed E-state index contributed by atoms with van der Waals surface area (Å²) in [6.45, 7) is 5.07. The predicted octanol–water partition coefficient (Wildman–Crippen LogP) is 3.66. The van der Waals surface area contributed by atoms with Gasteiger partial charge in [0.2, 0.25) is 0 Å². The lowest BCUT2D eigenvalue weighted by molar-refractivity contribution is 0.155. The summed E-state index contributed by atoms with van der Waals surface area (Å²) in [5.74, 6) is -2.66. The third kappa shape index (κ3) is 4.34. The number of hydrogen-bond donors (Lipinski definition) is 1. The molecule has 1 aliphatic heterocycles. The number of piperazine rings is 1. The maximum atomic E-state index is 14.0. The third-order valence-electron chi connectivity index (χ3n) is 3.84. The smallest absolute Gasteiger partial charge is 0.166 e. The van der Waals surface area contributed by atoms with Crippen LogP contribution < -0.4 is 5.32 Å². The molecule has 0 bridgehead atoms. The van der Waals surface area contributed by atoms with Crippen molar-refractivity contribution in [3.8, 4) is 0 Å². The Balaban J connectivity index is 0.00000220. The second kappa shape index (κ2) is 8.61. The summed E-state index contributed by atoms with van der Waals surface area (Å²) in [4.78, 5) is 2.05. The number of halogens is 4. The van der Waals surface area contributed by atoms with Crippen molar-refractivity contribution in [1.29, 1.82) is 0 Å². The topological polar surface area (TPSA) is 15.3 Å². The summed E-state index contributed by atoms with van der Waals surface area (Å²) in [7, 11) is 0. The Bertz CT molecular complexity index is 451. The van der Waals surface area contributed by atoms with Gasteiger partial charge in [0.25, 0.3) is 0 Å². The molecule has 0 radical (unpaired) electrons. The van der Waals surface area contributed by atoms with Crippen molar-refractivity contribution < 1.29 is 13.2 Å². The van der Waals surface area contributed by atoms with Gasteiger partial charge in [-0.3, -0.25) is 4.90 Å². The largest absolute Gasteiger partial charge is 0.314 e. The lowest BCUT2D eigenvalue weighted by Gasteiger charge is -2.35. The zero-order valence-electron chi connectivity index (χ0n) is 12.2. The van der Waals surface area contributed by atoms with Gasteiger partial charge in [0.1, 0.15) is 5.82 Å². The van der Waals surface area contributed by atoms with Crippen molar-refractivity contribution in [3.05, 3.63) is 35.1 Å². The first kappa shape index (κ1) is 18.3. The average Bonchev–Trinajstić information content (AvgIpc) is 2.47. The summed E-state index contributed by atoms with van der Waals surface area (Å²) in [5, 5.41) is 3.21. The normalized spacial score (nSPS) is 17.3. The van der Waals surface area contributed by atoms with Gasteiger partial charge in [-0.15, -0.1) is 12.4 Å². The molecule has 1 heterocycles. The monoisotopic (exact) mass is 322 g/mol. The minimum atomic E-state index is -1.04. The van der Waals surface area contributed by atoms with Crippen LogP contribution in [-0.2, 0) is 0 Å². The zero-order valence-corrected chi connectivity index (χ0v) is 13.0. The highest BCUT2D eigenvalue weighted by Crippen LogP contribution is 2.31. The number of hydrogen-bond acceptors (Lipinski definition) is 2. The lowest BCUT2D eigenvalue weighted by atomic mass is 9.97. The van der Waals surface area contributed by atoms with Gasteiger partial charge in [-0.1, -0.05) is 19.8 Å². The van der Waals surface area contributed by atoms with Crippen LogP contribution in [0, 0.1) is 17.5 Å². The second-order valence-electron chi connectivity index (χ2n) is 5.20. The SMILES string of the molecule is CCCC[C@H](c1c(F)ccc(F)c1F)N1CCNCC1.Cl. The Morgan fingerprint density at radius 2 is 1.76 bits per heavy atom. The van der Waals surface area contributed by atoms with E-state index in [9.17, 15) is 13.2 Å². The molecule has 1 aromatic carbocycles. The molecule has 0 aromatic heterocycles. The Labute approximate surface area is 130 Å². The van der Waals surface area contributed by atoms with Crippen LogP contribution in [0.25, 0.3) is 0 Å². The quantitative estimate of drug-likeness (QED) is 0.832. The predicted molar refractivity (Wildman–Crippen MR) is 80.3 cm³/mol. The summed E-state index contributed by atoms with van der Waals surface area (Å²) < 4.78 is 41.5. The zero-order chi connectivity index (χ0) is 14.5. The molecule has 0 amide bonds. The average molecular weight is 323 g/mol. The molecule has 2 rings (SSSR count). The van der Waals surface area contributed by atoms with Gasteiger partial charge in [-0.2, -0.15) is 0 Å². The Hall–Kier alpha value is -0.780. The van der Waals surface area contributed by atoms with Crippen LogP contribution in [0.3, 0.4) is 0 Å². The molecular formula is C15H22ClF3N2. The van der Waals surface area contributed by atoms with Crippen LogP contribution in [0.4, 0.5) is 13.2 Å². The van der Waals surface area contributed by atoms with Crippen LogP contribution in [0.2, 0.25) is 0 Å². The molecule has 0 unspecified atom stereocenters. The van der Waals surface area contributed by atoms with E-state index in [1.807, 2.05) is 11.8 Å². The highest BCUT2D eigenvalue weighted by Gasteiger charge is 2.28. The molecule has 120 valence electrons. The Morgan fingerprint density at radius 3 is 2.38 bits per heavy atom. The minimum Gasteiger partial charge on any atom is -0.314 e. The van der Waals surface area contributed by atoms with Crippen LogP contribution in [0.1, 0.15) is 37.8 Å². The van der Waals surface area contributed by atoms with Gasteiger partial charge in [-0.05, 0) is 18.6 Å². The number of rotatable bonds is 5. The minimum absolute atomic E-state index is 0. The molecule has 2 nitrogen and oxygen atoms in total. The van der Waals surface area contributed by atoms with Gasteiger partial charge >= 0.3 is 0 Å². The van der Waals surface area contributed by atoms with E-state index in [0.29, 0.717) is 6.42 Å². The van der Waals surface area contributed by atoms with E-state index in [2.05, 4.69) is 5.32 Å². The van der Waals surface area contributed by atoms with Crippen molar-refractivity contribution in [2.45, 2.75) is 32.2 Å². The Morgan fingerprint density at radius 1 is 1.14 bits per heavy atom. The van der Waals surface area contributed by atoms with Crippen LogP contribution in [0.15, 0.2) is 12.1 Å². The number of nitrogens with one attached hydrogen (secondary N) is 1. The summed E-state index contributed by atoms with van der Waals surface area (Å²) in [6.07, 6.45) is 2.46. The molecular weight excluding hydrogens is 301 g/mol. The van der Waals surface area contributed by atoms with E-state index in [0.717, 1.165) is 51.2 Å². The Kier molecular flexibility index (Phi) is 7.49. The molecule has 0 spiro atoms. The highest BCUT2D eigenvalue weighted by atomic mass is 35.5. The van der Waals surface area contributed by atoms with Gasteiger partial charge in [0.15, 0.2) is 11.6 Å². The fourth-order valence-corrected chi connectivity index (χ4v) is 2.75. The molecule has 1 saturated heterocycles. The van der Waals surface area contributed by atoms with Gasteiger partial charge in [-0.25, -0.2) is 13.2 Å². The number of nitrogens with zero attached hydrogens (tertiary/aromatic N) is 1. The molecule has 21 heavy (non-hydrogen) atoms. The van der Waals surface area contributed by atoms with Gasteiger partial charge in [0, 0.05) is 37.8 Å². The fraction of sp³-hybridized carbons (Fsp3) is 0.600. The van der Waals surface area contributed by atoms with E-state index in [1.54, 1.807) is 0 Å². The van der Waals surface area contributed by atoms with Crippen LogP contribution >= 0.6 is 12.4 Å². The maximum Gasteiger partial charge on any atom is 0.166 e.